The van der Waals surface area contributed by atoms with Crippen molar-refractivity contribution in [2.24, 2.45) is 0 Å². The number of rotatable bonds is 6. The number of methoxy groups -OCH3 is 2. The number of likely N-dealkylation sites (tertiary alicyclic amines) is 1. The Balaban J connectivity index is 2.09. The first-order valence-corrected chi connectivity index (χ1v) is 7.63. The Morgan fingerprint density at radius 2 is 2.08 bits per heavy atom. The number of carbonyl (C=O) groups is 1. The molecular weight excluding hydrogens is 325 g/mol. The summed E-state index contributed by atoms with van der Waals surface area (Å²) in [5, 5.41) is 1.91. The molecule has 1 aliphatic rings. The number of alkyl halides is 3. The molecule has 1 amide bonds. The highest BCUT2D eigenvalue weighted by atomic mass is 19.4. The van der Waals surface area contributed by atoms with Gasteiger partial charge in [-0.15, -0.1) is 0 Å². The molecule has 0 aliphatic carbocycles. The molecule has 1 aromatic carbocycles. The standard InChI is InChI=1S/C16H21F3N2O3/c1-23-11-5-6-14(24-2)12(8-11)13-4-3-7-21(13)9-15(22)20-10-16(17,18)19/h5-6,8,13H,3-4,7,9-10H2,1-2H3,(H,20,22). The number of halogens is 3. The topological polar surface area (TPSA) is 50.8 Å². The average molecular weight is 346 g/mol. The van der Waals surface area contributed by atoms with Crippen LogP contribution in [0.15, 0.2) is 18.2 Å². The van der Waals surface area contributed by atoms with Gasteiger partial charge in [0.1, 0.15) is 18.0 Å². The lowest BCUT2D eigenvalue weighted by Gasteiger charge is -2.26. The molecule has 1 aliphatic heterocycles. The van der Waals surface area contributed by atoms with Crippen LogP contribution in [0.5, 0.6) is 11.5 Å². The zero-order chi connectivity index (χ0) is 17.7. The van der Waals surface area contributed by atoms with Crippen molar-refractivity contribution >= 4 is 5.91 Å². The molecule has 1 fully saturated rings. The van der Waals surface area contributed by atoms with Crippen molar-refractivity contribution in [3.8, 4) is 11.5 Å². The van der Waals surface area contributed by atoms with E-state index in [1.165, 1.54) is 0 Å². The molecule has 1 N–H and O–H groups in total. The third-order valence-corrected chi connectivity index (χ3v) is 3.99. The fourth-order valence-electron chi connectivity index (χ4n) is 2.91. The normalized spacial score (nSPS) is 18.5. The van der Waals surface area contributed by atoms with Gasteiger partial charge >= 0.3 is 6.18 Å². The average Bonchev–Trinajstić information content (AvgIpc) is 2.99. The molecular formula is C16H21F3N2O3. The molecule has 1 unspecified atom stereocenters. The Hall–Kier alpha value is -1.96. The summed E-state index contributed by atoms with van der Waals surface area (Å²) in [5.74, 6) is 0.698. The van der Waals surface area contributed by atoms with Crippen LogP contribution < -0.4 is 14.8 Å². The van der Waals surface area contributed by atoms with Gasteiger partial charge in [-0.3, -0.25) is 9.69 Å². The maximum atomic E-state index is 12.2. The van der Waals surface area contributed by atoms with Gasteiger partial charge in [0.2, 0.25) is 5.91 Å². The van der Waals surface area contributed by atoms with Crippen LogP contribution in [0.3, 0.4) is 0 Å². The summed E-state index contributed by atoms with van der Waals surface area (Å²) in [6, 6.07) is 5.31. The van der Waals surface area contributed by atoms with Crippen LogP contribution in [0, 0.1) is 0 Å². The molecule has 0 aromatic heterocycles. The molecule has 1 heterocycles. The van der Waals surface area contributed by atoms with Gasteiger partial charge in [0.25, 0.3) is 0 Å². The molecule has 0 saturated carbocycles. The van der Waals surface area contributed by atoms with Gasteiger partial charge in [-0.1, -0.05) is 0 Å². The fraction of sp³-hybridized carbons (Fsp3) is 0.562. The largest absolute Gasteiger partial charge is 0.497 e. The van der Waals surface area contributed by atoms with Gasteiger partial charge in [-0.2, -0.15) is 13.2 Å². The number of hydrogen-bond acceptors (Lipinski definition) is 4. The van der Waals surface area contributed by atoms with Gasteiger partial charge in [-0.25, -0.2) is 0 Å². The maximum absolute atomic E-state index is 12.2. The molecule has 24 heavy (non-hydrogen) atoms. The van der Waals surface area contributed by atoms with Crippen LogP contribution in [-0.4, -0.2) is 50.8 Å². The van der Waals surface area contributed by atoms with Crippen molar-refractivity contribution in [1.29, 1.82) is 0 Å². The first kappa shape index (κ1) is 18.4. The highest BCUT2D eigenvalue weighted by Gasteiger charge is 2.32. The highest BCUT2D eigenvalue weighted by Crippen LogP contribution is 2.38. The van der Waals surface area contributed by atoms with E-state index >= 15 is 0 Å². The molecule has 0 bridgehead atoms. The van der Waals surface area contributed by atoms with E-state index in [2.05, 4.69) is 0 Å². The Kier molecular flexibility index (Phi) is 5.93. The third kappa shape index (κ3) is 4.77. The van der Waals surface area contributed by atoms with Gasteiger partial charge in [0.05, 0.1) is 20.8 Å². The molecule has 134 valence electrons. The minimum Gasteiger partial charge on any atom is -0.497 e. The summed E-state index contributed by atoms with van der Waals surface area (Å²) < 4.78 is 47.2. The summed E-state index contributed by atoms with van der Waals surface area (Å²) in [7, 11) is 3.11. The number of nitrogens with zero attached hydrogens (tertiary/aromatic N) is 1. The summed E-state index contributed by atoms with van der Waals surface area (Å²) in [6.45, 7) is -0.752. The first-order chi connectivity index (χ1) is 11.3. The molecule has 0 spiro atoms. The molecule has 1 saturated heterocycles. The van der Waals surface area contributed by atoms with Gasteiger partial charge < -0.3 is 14.8 Å². The maximum Gasteiger partial charge on any atom is 0.405 e. The van der Waals surface area contributed by atoms with Crippen LogP contribution in [-0.2, 0) is 4.79 Å². The smallest absolute Gasteiger partial charge is 0.405 e. The van der Waals surface area contributed by atoms with Crippen LogP contribution in [0.1, 0.15) is 24.4 Å². The molecule has 1 aromatic rings. The van der Waals surface area contributed by atoms with E-state index < -0.39 is 18.6 Å². The quantitative estimate of drug-likeness (QED) is 0.860. The van der Waals surface area contributed by atoms with E-state index in [1.54, 1.807) is 26.4 Å². The number of hydrogen-bond donors (Lipinski definition) is 1. The molecule has 2 rings (SSSR count). The zero-order valence-corrected chi connectivity index (χ0v) is 13.7. The third-order valence-electron chi connectivity index (χ3n) is 3.99. The predicted molar refractivity (Wildman–Crippen MR) is 82.2 cm³/mol. The summed E-state index contributed by atoms with van der Waals surface area (Å²) in [5.41, 5.74) is 0.873. The first-order valence-electron chi connectivity index (χ1n) is 7.63. The van der Waals surface area contributed by atoms with E-state index in [0.717, 1.165) is 18.4 Å². The second-order valence-corrected chi connectivity index (χ2v) is 5.63. The van der Waals surface area contributed by atoms with Crippen molar-refractivity contribution in [3.63, 3.8) is 0 Å². The summed E-state index contributed by atoms with van der Waals surface area (Å²) in [4.78, 5) is 13.7. The van der Waals surface area contributed by atoms with Crippen LogP contribution in [0.4, 0.5) is 13.2 Å². The SMILES string of the molecule is COc1ccc(OC)c(C2CCCN2CC(=O)NCC(F)(F)F)c1. The Morgan fingerprint density at radius 1 is 1.33 bits per heavy atom. The number of ether oxygens (including phenoxy) is 2. The minimum absolute atomic E-state index is 0.0822. The summed E-state index contributed by atoms with van der Waals surface area (Å²) in [6.07, 6.45) is -2.75. The van der Waals surface area contributed by atoms with Crippen molar-refractivity contribution in [3.05, 3.63) is 23.8 Å². The van der Waals surface area contributed by atoms with Crippen molar-refractivity contribution in [2.45, 2.75) is 25.1 Å². The van der Waals surface area contributed by atoms with E-state index in [-0.39, 0.29) is 12.6 Å². The van der Waals surface area contributed by atoms with Crippen molar-refractivity contribution < 1.29 is 27.4 Å². The van der Waals surface area contributed by atoms with E-state index in [9.17, 15) is 18.0 Å². The molecule has 8 heteroatoms. The number of carbonyl (C=O) groups excluding carboxylic acids is 1. The lowest BCUT2D eigenvalue weighted by atomic mass is 10.0. The Morgan fingerprint density at radius 3 is 2.71 bits per heavy atom. The number of nitrogens with one attached hydrogen (secondary N) is 1. The molecule has 5 nitrogen and oxygen atoms in total. The van der Waals surface area contributed by atoms with Gasteiger partial charge in [0.15, 0.2) is 0 Å². The molecule has 0 radical (unpaired) electrons. The zero-order valence-electron chi connectivity index (χ0n) is 13.7. The van der Waals surface area contributed by atoms with E-state index in [1.807, 2.05) is 16.3 Å². The van der Waals surface area contributed by atoms with Crippen LogP contribution in [0.2, 0.25) is 0 Å². The lowest BCUT2D eigenvalue weighted by molar-refractivity contribution is -0.139. The minimum atomic E-state index is -4.41. The van der Waals surface area contributed by atoms with Gasteiger partial charge in [0, 0.05) is 11.6 Å². The number of amides is 1. The van der Waals surface area contributed by atoms with Gasteiger partial charge in [-0.05, 0) is 37.6 Å². The van der Waals surface area contributed by atoms with Crippen LogP contribution in [0.25, 0.3) is 0 Å². The second-order valence-electron chi connectivity index (χ2n) is 5.63. The van der Waals surface area contributed by atoms with Crippen LogP contribution >= 0.6 is 0 Å². The highest BCUT2D eigenvalue weighted by molar-refractivity contribution is 5.78. The monoisotopic (exact) mass is 346 g/mol. The molecule has 1 atom stereocenters. The second kappa shape index (κ2) is 7.74. The van der Waals surface area contributed by atoms with E-state index in [4.69, 9.17) is 9.47 Å². The van der Waals surface area contributed by atoms with Crippen molar-refractivity contribution in [2.75, 3.05) is 33.9 Å². The fourth-order valence-corrected chi connectivity index (χ4v) is 2.91. The Bertz CT molecular complexity index is 578. The van der Waals surface area contributed by atoms with E-state index in [0.29, 0.717) is 18.0 Å². The van der Waals surface area contributed by atoms with Crippen molar-refractivity contribution in [1.82, 2.24) is 10.2 Å². The number of benzene rings is 1. The summed E-state index contributed by atoms with van der Waals surface area (Å²) >= 11 is 0. The predicted octanol–water partition coefficient (Wildman–Crippen LogP) is 2.52. The Labute approximate surface area is 138 Å². The lowest BCUT2D eigenvalue weighted by Crippen LogP contribution is -2.40.